The third-order valence-electron chi connectivity index (χ3n) is 0.204. The smallest absolute Gasteiger partial charge is 0.554 e. The minimum atomic E-state index is -0.500. The van der Waals surface area contributed by atoms with Crippen LogP contribution >= 0.6 is 0 Å². The van der Waals surface area contributed by atoms with E-state index in [1.165, 1.54) is 0 Å². The van der Waals surface area contributed by atoms with Crippen molar-refractivity contribution in [3.8, 4) is 0 Å². The largest absolute Gasteiger partial charge is 1.00 e. The molecule has 0 radical (unpaired) electrons. The topological polar surface area (TPSA) is 52.7 Å². The summed E-state index contributed by atoms with van der Waals surface area (Å²) in [4.78, 5) is 8.25. The zero-order valence-electron chi connectivity index (χ0n) is 4.22. The van der Waals surface area contributed by atoms with Crippen LogP contribution in [-0.2, 0) is 9.53 Å². The number of epoxide rings is 1. The van der Waals surface area contributed by atoms with Crippen LogP contribution in [0.3, 0.4) is 0 Å². The molecule has 0 bridgehead atoms. The third-order valence-corrected chi connectivity index (χ3v) is 0.204. The molecule has 0 aromatic carbocycles. The molecule has 7 heavy (non-hydrogen) atoms. The number of carboxylic acid groups (broad SMARTS) is 1. The van der Waals surface area contributed by atoms with E-state index in [1.807, 2.05) is 0 Å². The summed E-state index contributed by atoms with van der Waals surface area (Å²) in [5.41, 5.74) is 0. The van der Waals surface area contributed by atoms with Crippen LogP contribution in [0.1, 0.15) is 0 Å². The molecular weight excluding hydrogens is 123 g/mol. The van der Waals surface area contributed by atoms with Crippen LogP contribution in [0.5, 0.6) is 0 Å². The van der Waals surface area contributed by atoms with Gasteiger partial charge in [-0.05, 0) is 0 Å². The van der Waals surface area contributed by atoms with Crippen LogP contribution in [0.25, 0.3) is 0 Å². The average molecular weight is 128 g/mol. The summed E-state index contributed by atoms with van der Waals surface area (Å²) in [6.45, 7) is 1.50. The molecule has 1 rings (SSSR count). The summed E-state index contributed by atoms with van der Waals surface area (Å²) in [7, 11) is 0. The second-order valence-corrected chi connectivity index (χ2v) is 0.709. The molecule has 0 aliphatic carbocycles. The number of carbonyl (C=O) groups excluding carboxylic acids is 1. The van der Waals surface area contributed by atoms with Gasteiger partial charge in [-0.15, -0.1) is 0 Å². The SMILES string of the molecule is C1CO1.O=C[O-].[K+]. The Balaban J connectivity index is 0. The molecule has 0 atom stereocenters. The van der Waals surface area contributed by atoms with E-state index in [4.69, 9.17) is 9.90 Å². The number of hydrogen-bond donors (Lipinski definition) is 0. The Hall–Kier alpha value is 1.07. The zero-order valence-corrected chi connectivity index (χ0v) is 7.34. The zero-order chi connectivity index (χ0) is 4.83. The number of hydrogen-bond acceptors (Lipinski definition) is 3. The Labute approximate surface area is 84.5 Å². The molecule has 3 nitrogen and oxygen atoms in total. The van der Waals surface area contributed by atoms with E-state index >= 15 is 0 Å². The normalized spacial score (nSPS) is 12.0. The summed E-state index contributed by atoms with van der Waals surface area (Å²) in [5.74, 6) is 0. The molecule has 1 aliphatic heterocycles. The molecule has 0 spiro atoms. The fourth-order valence-corrected chi connectivity index (χ4v) is 0. The van der Waals surface area contributed by atoms with E-state index in [0.29, 0.717) is 0 Å². The van der Waals surface area contributed by atoms with E-state index in [-0.39, 0.29) is 51.4 Å². The van der Waals surface area contributed by atoms with Crippen LogP contribution in [0.15, 0.2) is 0 Å². The second kappa shape index (κ2) is 10.1. The fourth-order valence-electron chi connectivity index (χ4n) is 0. The average Bonchev–Trinajstić information content (AvgIpc) is 2.11. The van der Waals surface area contributed by atoms with Gasteiger partial charge < -0.3 is 14.6 Å². The number of rotatable bonds is 0. The predicted molar refractivity (Wildman–Crippen MR) is 16.9 cm³/mol. The van der Waals surface area contributed by atoms with Crippen molar-refractivity contribution in [1.29, 1.82) is 0 Å². The van der Waals surface area contributed by atoms with Gasteiger partial charge in [-0.2, -0.15) is 0 Å². The standard InChI is InChI=1S/C2H4O.CH2O2.K/c1-2-3-1;2-1-3;/h1-2H2;1H,(H,2,3);/q;;+1/p-1. The monoisotopic (exact) mass is 128 g/mol. The van der Waals surface area contributed by atoms with Crippen LogP contribution < -0.4 is 56.5 Å². The minimum absolute atomic E-state index is 0. The summed E-state index contributed by atoms with van der Waals surface area (Å²) < 4.78 is 4.50. The summed E-state index contributed by atoms with van der Waals surface area (Å²) in [6.07, 6.45) is 0. The van der Waals surface area contributed by atoms with Gasteiger partial charge in [-0.3, -0.25) is 0 Å². The van der Waals surface area contributed by atoms with Crippen molar-refractivity contribution in [1.82, 2.24) is 0 Å². The first-order chi connectivity index (χ1) is 2.91. The van der Waals surface area contributed by atoms with Gasteiger partial charge in [0.15, 0.2) is 0 Å². The predicted octanol–water partition coefficient (Wildman–Crippen LogP) is -4.61. The maximum absolute atomic E-state index is 8.25. The van der Waals surface area contributed by atoms with Gasteiger partial charge in [-0.25, -0.2) is 0 Å². The van der Waals surface area contributed by atoms with Gasteiger partial charge in [0.2, 0.25) is 0 Å². The van der Waals surface area contributed by atoms with Crippen LogP contribution in [0.2, 0.25) is 0 Å². The first-order valence-corrected chi connectivity index (χ1v) is 1.55. The molecule has 0 saturated carbocycles. The molecule has 1 saturated heterocycles. The molecule has 1 heterocycles. The maximum atomic E-state index is 8.25. The molecule has 0 N–H and O–H groups in total. The molecule has 36 valence electrons. The van der Waals surface area contributed by atoms with Crippen molar-refractivity contribution < 1.29 is 66.0 Å². The Morgan fingerprint density at radius 3 is 1.71 bits per heavy atom. The van der Waals surface area contributed by atoms with Crippen molar-refractivity contribution in [2.45, 2.75) is 0 Å². The van der Waals surface area contributed by atoms with Gasteiger partial charge in [0.1, 0.15) is 0 Å². The molecular formula is C3H5KO3. The Bertz CT molecular complexity index is 34.4. The van der Waals surface area contributed by atoms with Crippen LogP contribution in [0, 0.1) is 0 Å². The van der Waals surface area contributed by atoms with Crippen molar-refractivity contribution in [2.24, 2.45) is 0 Å². The summed E-state index contributed by atoms with van der Waals surface area (Å²) in [6, 6.07) is 0. The number of carbonyl (C=O) groups is 1. The van der Waals surface area contributed by atoms with Gasteiger partial charge >= 0.3 is 51.4 Å². The van der Waals surface area contributed by atoms with E-state index < -0.39 is 6.47 Å². The number of ether oxygens (including phenoxy) is 1. The molecule has 1 fully saturated rings. The minimum Gasteiger partial charge on any atom is -0.554 e. The molecule has 4 heteroatoms. The Kier molecular flexibility index (Phi) is 15.8. The van der Waals surface area contributed by atoms with E-state index in [9.17, 15) is 0 Å². The Morgan fingerprint density at radius 2 is 1.71 bits per heavy atom. The van der Waals surface area contributed by atoms with E-state index in [1.54, 1.807) is 0 Å². The quantitative estimate of drug-likeness (QED) is 0.187. The fraction of sp³-hybridized carbons (Fsp3) is 0.667. The summed E-state index contributed by atoms with van der Waals surface area (Å²) >= 11 is 0. The van der Waals surface area contributed by atoms with Gasteiger partial charge in [0.05, 0.1) is 13.2 Å². The maximum Gasteiger partial charge on any atom is 1.00 e. The van der Waals surface area contributed by atoms with Crippen molar-refractivity contribution >= 4 is 6.47 Å². The second-order valence-electron chi connectivity index (χ2n) is 0.709. The van der Waals surface area contributed by atoms with E-state index in [2.05, 4.69) is 4.74 Å². The third kappa shape index (κ3) is 42.5. The molecule has 1 aliphatic rings. The van der Waals surface area contributed by atoms with Crippen molar-refractivity contribution in [3.63, 3.8) is 0 Å². The van der Waals surface area contributed by atoms with E-state index in [0.717, 1.165) is 13.2 Å². The van der Waals surface area contributed by atoms with Crippen LogP contribution in [-0.4, -0.2) is 19.7 Å². The van der Waals surface area contributed by atoms with Crippen molar-refractivity contribution in [3.05, 3.63) is 0 Å². The first kappa shape index (κ1) is 10.9. The molecule has 0 aromatic rings. The summed E-state index contributed by atoms with van der Waals surface area (Å²) in [5, 5.41) is 8.25. The molecule has 0 unspecified atom stereocenters. The molecule has 0 aromatic heterocycles. The Morgan fingerprint density at radius 1 is 1.57 bits per heavy atom. The van der Waals surface area contributed by atoms with Crippen LogP contribution in [0.4, 0.5) is 0 Å². The van der Waals surface area contributed by atoms with Gasteiger partial charge in [0.25, 0.3) is 0 Å². The van der Waals surface area contributed by atoms with Gasteiger partial charge in [-0.1, -0.05) is 0 Å². The van der Waals surface area contributed by atoms with Gasteiger partial charge in [0, 0.05) is 6.47 Å². The first-order valence-electron chi connectivity index (χ1n) is 1.55. The molecule has 0 amide bonds. The van der Waals surface area contributed by atoms with Crippen molar-refractivity contribution in [2.75, 3.05) is 13.2 Å².